The number of hydrogen-bond acceptors (Lipinski definition) is 2. The second-order valence-corrected chi connectivity index (χ2v) is 6.48. The molecule has 0 aliphatic rings. The molecule has 116 valence electrons. The van der Waals surface area contributed by atoms with Gasteiger partial charge in [0.1, 0.15) is 0 Å². The molecule has 1 heterocycles. The van der Waals surface area contributed by atoms with Gasteiger partial charge in [0.05, 0.1) is 4.88 Å². The molecule has 0 radical (unpaired) electrons. The molecule has 0 bridgehead atoms. The van der Waals surface area contributed by atoms with Crippen molar-refractivity contribution in [3.8, 4) is 0 Å². The van der Waals surface area contributed by atoms with Crippen molar-refractivity contribution in [3.63, 3.8) is 0 Å². The molecule has 3 rings (SSSR count). The summed E-state index contributed by atoms with van der Waals surface area (Å²) in [5.74, 6) is 0.102. The summed E-state index contributed by atoms with van der Waals surface area (Å²) in [4.78, 5) is 15.7. The van der Waals surface area contributed by atoms with E-state index in [-0.39, 0.29) is 5.91 Å². The van der Waals surface area contributed by atoms with E-state index in [0.29, 0.717) is 13.1 Å². The molecule has 0 unspecified atom stereocenters. The summed E-state index contributed by atoms with van der Waals surface area (Å²) in [6.07, 6.45) is 0. The van der Waals surface area contributed by atoms with Gasteiger partial charge in [-0.3, -0.25) is 4.79 Å². The van der Waals surface area contributed by atoms with Crippen LogP contribution in [0.25, 0.3) is 0 Å². The molecule has 0 N–H and O–H groups in total. The predicted molar refractivity (Wildman–Crippen MR) is 95.5 cm³/mol. The van der Waals surface area contributed by atoms with Crippen LogP contribution >= 0.6 is 11.3 Å². The number of aryl methyl sites for hydroxylation is 1. The van der Waals surface area contributed by atoms with Crippen LogP contribution in [0.3, 0.4) is 0 Å². The molecule has 0 aliphatic carbocycles. The van der Waals surface area contributed by atoms with Gasteiger partial charge in [-0.1, -0.05) is 60.7 Å². The van der Waals surface area contributed by atoms with E-state index in [9.17, 15) is 4.79 Å². The Bertz CT molecular complexity index is 723. The van der Waals surface area contributed by atoms with E-state index in [0.717, 1.165) is 21.6 Å². The molecular formula is C20H19NOS. The standard InChI is InChI=1S/C20H19NOS/c1-16-12-13-23-19(16)20(22)21(14-17-8-4-2-5-9-17)15-18-10-6-3-7-11-18/h2-13H,14-15H2,1H3. The molecule has 0 saturated heterocycles. The van der Waals surface area contributed by atoms with Gasteiger partial charge in [0.2, 0.25) is 0 Å². The summed E-state index contributed by atoms with van der Waals surface area (Å²) < 4.78 is 0. The molecular weight excluding hydrogens is 302 g/mol. The Balaban J connectivity index is 1.86. The molecule has 0 spiro atoms. The minimum absolute atomic E-state index is 0.102. The molecule has 1 amide bonds. The summed E-state index contributed by atoms with van der Waals surface area (Å²) in [7, 11) is 0. The van der Waals surface area contributed by atoms with Crippen molar-refractivity contribution >= 4 is 17.2 Å². The third-order valence-corrected chi connectivity index (χ3v) is 4.78. The molecule has 0 saturated carbocycles. The lowest BCUT2D eigenvalue weighted by Gasteiger charge is -2.23. The number of carbonyl (C=O) groups is 1. The average Bonchev–Trinajstić information content (AvgIpc) is 3.01. The summed E-state index contributed by atoms with van der Waals surface area (Å²) in [6.45, 7) is 3.23. The molecule has 2 aromatic carbocycles. The SMILES string of the molecule is Cc1ccsc1C(=O)N(Cc1ccccc1)Cc1ccccc1. The fourth-order valence-electron chi connectivity index (χ4n) is 2.54. The van der Waals surface area contributed by atoms with E-state index in [1.165, 1.54) is 11.3 Å². The topological polar surface area (TPSA) is 20.3 Å². The zero-order chi connectivity index (χ0) is 16.1. The largest absolute Gasteiger partial charge is 0.329 e. The molecule has 0 atom stereocenters. The Hall–Kier alpha value is -2.39. The highest BCUT2D eigenvalue weighted by Gasteiger charge is 2.19. The van der Waals surface area contributed by atoms with E-state index in [1.54, 1.807) is 0 Å². The predicted octanol–water partition coefficient (Wildman–Crippen LogP) is 4.90. The smallest absolute Gasteiger partial charge is 0.264 e. The molecule has 1 aromatic heterocycles. The fraction of sp³-hybridized carbons (Fsp3) is 0.150. The van der Waals surface area contributed by atoms with Crippen LogP contribution in [0.2, 0.25) is 0 Å². The maximum absolute atomic E-state index is 13.0. The van der Waals surface area contributed by atoms with Crippen LogP contribution in [-0.4, -0.2) is 10.8 Å². The van der Waals surface area contributed by atoms with E-state index >= 15 is 0 Å². The van der Waals surface area contributed by atoms with Crippen LogP contribution in [0.5, 0.6) is 0 Å². The molecule has 2 nitrogen and oxygen atoms in total. The third kappa shape index (κ3) is 3.88. The zero-order valence-electron chi connectivity index (χ0n) is 13.1. The van der Waals surface area contributed by atoms with Crippen LogP contribution in [0, 0.1) is 6.92 Å². The van der Waals surface area contributed by atoms with Gasteiger partial charge >= 0.3 is 0 Å². The van der Waals surface area contributed by atoms with Crippen LogP contribution in [0.1, 0.15) is 26.4 Å². The lowest BCUT2D eigenvalue weighted by molar-refractivity contribution is 0.0734. The highest BCUT2D eigenvalue weighted by Crippen LogP contribution is 2.21. The first-order valence-corrected chi connectivity index (χ1v) is 8.53. The molecule has 23 heavy (non-hydrogen) atoms. The zero-order valence-corrected chi connectivity index (χ0v) is 13.9. The normalized spacial score (nSPS) is 10.5. The van der Waals surface area contributed by atoms with E-state index in [1.807, 2.05) is 59.7 Å². The lowest BCUT2D eigenvalue weighted by atomic mass is 10.1. The maximum atomic E-state index is 13.0. The van der Waals surface area contributed by atoms with E-state index in [2.05, 4.69) is 24.3 Å². The Morgan fingerprint density at radius 2 is 1.39 bits per heavy atom. The first-order chi connectivity index (χ1) is 11.2. The Labute approximate surface area is 141 Å². The van der Waals surface area contributed by atoms with Gasteiger partial charge in [-0.25, -0.2) is 0 Å². The van der Waals surface area contributed by atoms with Gasteiger partial charge in [0.25, 0.3) is 5.91 Å². The van der Waals surface area contributed by atoms with Crippen molar-refractivity contribution < 1.29 is 4.79 Å². The van der Waals surface area contributed by atoms with Crippen LogP contribution < -0.4 is 0 Å². The van der Waals surface area contributed by atoms with Crippen LogP contribution in [0.4, 0.5) is 0 Å². The van der Waals surface area contributed by atoms with Crippen molar-refractivity contribution in [1.29, 1.82) is 0 Å². The third-order valence-electron chi connectivity index (χ3n) is 3.78. The quantitative estimate of drug-likeness (QED) is 0.654. The Morgan fingerprint density at radius 1 is 0.870 bits per heavy atom. The lowest BCUT2D eigenvalue weighted by Crippen LogP contribution is -2.30. The first-order valence-electron chi connectivity index (χ1n) is 7.65. The van der Waals surface area contributed by atoms with Gasteiger partial charge < -0.3 is 4.90 Å². The number of thiophene rings is 1. The monoisotopic (exact) mass is 321 g/mol. The van der Waals surface area contributed by atoms with Gasteiger partial charge in [-0.2, -0.15) is 0 Å². The number of hydrogen-bond donors (Lipinski definition) is 0. The molecule has 3 heteroatoms. The minimum Gasteiger partial charge on any atom is -0.329 e. The molecule has 0 aliphatic heterocycles. The first kappa shape index (κ1) is 15.5. The molecule has 3 aromatic rings. The second-order valence-electron chi connectivity index (χ2n) is 5.57. The number of benzene rings is 2. The summed E-state index contributed by atoms with van der Waals surface area (Å²) in [5, 5.41) is 1.98. The summed E-state index contributed by atoms with van der Waals surface area (Å²) >= 11 is 1.52. The van der Waals surface area contributed by atoms with Gasteiger partial charge in [-0.05, 0) is 35.1 Å². The van der Waals surface area contributed by atoms with Crippen molar-refractivity contribution in [2.75, 3.05) is 0 Å². The summed E-state index contributed by atoms with van der Waals surface area (Å²) in [6, 6.07) is 22.3. The van der Waals surface area contributed by atoms with Crippen molar-refractivity contribution in [1.82, 2.24) is 4.90 Å². The maximum Gasteiger partial charge on any atom is 0.264 e. The van der Waals surface area contributed by atoms with Crippen LogP contribution in [0.15, 0.2) is 72.1 Å². The fourth-order valence-corrected chi connectivity index (χ4v) is 3.43. The van der Waals surface area contributed by atoms with E-state index < -0.39 is 0 Å². The number of rotatable bonds is 5. The van der Waals surface area contributed by atoms with Crippen molar-refractivity contribution in [3.05, 3.63) is 93.7 Å². The number of amides is 1. The second kappa shape index (κ2) is 7.25. The van der Waals surface area contributed by atoms with E-state index in [4.69, 9.17) is 0 Å². The van der Waals surface area contributed by atoms with Crippen molar-refractivity contribution in [2.45, 2.75) is 20.0 Å². The Kier molecular flexibility index (Phi) is 4.89. The van der Waals surface area contributed by atoms with Gasteiger partial charge in [0.15, 0.2) is 0 Å². The van der Waals surface area contributed by atoms with Gasteiger partial charge in [-0.15, -0.1) is 11.3 Å². The minimum atomic E-state index is 0.102. The molecule has 0 fully saturated rings. The number of nitrogens with zero attached hydrogens (tertiary/aromatic N) is 1. The summed E-state index contributed by atoms with van der Waals surface area (Å²) in [5.41, 5.74) is 3.34. The van der Waals surface area contributed by atoms with Crippen LogP contribution in [-0.2, 0) is 13.1 Å². The number of carbonyl (C=O) groups excluding carboxylic acids is 1. The highest BCUT2D eigenvalue weighted by atomic mass is 32.1. The highest BCUT2D eigenvalue weighted by molar-refractivity contribution is 7.12. The Morgan fingerprint density at radius 3 is 1.83 bits per heavy atom. The van der Waals surface area contributed by atoms with Gasteiger partial charge in [0, 0.05) is 13.1 Å². The average molecular weight is 321 g/mol. The van der Waals surface area contributed by atoms with Crippen molar-refractivity contribution in [2.24, 2.45) is 0 Å².